The first-order valence-corrected chi connectivity index (χ1v) is 12.5. The zero-order valence-corrected chi connectivity index (χ0v) is 20.8. The Morgan fingerprint density at radius 2 is 1.58 bits per heavy atom. The molecule has 0 aromatic heterocycles. The minimum absolute atomic E-state index is 0.0249. The highest BCUT2D eigenvalue weighted by molar-refractivity contribution is 5.83. The van der Waals surface area contributed by atoms with Gasteiger partial charge in [0, 0.05) is 13.6 Å². The van der Waals surface area contributed by atoms with E-state index in [4.69, 9.17) is 0 Å². The van der Waals surface area contributed by atoms with E-state index in [0.29, 0.717) is 30.0 Å². The van der Waals surface area contributed by atoms with E-state index in [1.165, 1.54) is 11.6 Å². The first-order valence-electron chi connectivity index (χ1n) is 12.5. The highest BCUT2D eigenvalue weighted by atomic mass is 19.4. The van der Waals surface area contributed by atoms with Gasteiger partial charge in [0.1, 0.15) is 6.04 Å². The average molecular weight is 495 g/mol. The number of amides is 1. The molecule has 4 rings (SSSR count). The monoisotopic (exact) mass is 494 g/mol. The lowest BCUT2D eigenvalue weighted by Gasteiger charge is -2.38. The number of halogens is 3. The molecule has 0 saturated carbocycles. The molecule has 0 radical (unpaired) electrons. The van der Waals surface area contributed by atoms with Gasteiger partial charge in [-0.3, -0.25) is 9.69 Å². The van der Waals surface area contributed by atoms with E-state index in [0.717, 1.165) is 37.6 Å². The molecule has 36 heavy (non-hydrogen) atoms. The van der Waals surface area contributed by atoms with Crippen LogP contribution in [0.2, 0.25) is 0 Å². The van der Waals surface area contributed by atoms with E-state index in [9.17, 15) is 18.0 Å². The minimum atomic E-state index is -4.38. The Bertz CT molecular complexity index is 1140. The minimum Gasteiger partial charge on any atom is -0.344 e. The zero-order chi connectivity index (χ0) is 25.7. The van der Waals surface area contributed by atoms with Crippen LogP contribution >= 0.6 is 0 Å². The number of aryl methyl sites for hydroxylation is 1. The van der Waals surface area contributed by atoms with Crippen molar-refractivity contribution in [2.75, 3.05) is 26.7 Å². The molecule has 3 aromatic carbocycles. The fourth-order valence-corrected chi connectivity index (χ4v) is 5.15. The van der Waals surface area contributed by atoms with Crippen molar-refractivity contribution < 1.29 is 18.0 Å². The molecule has 1 heterocycles. The van der Waals surface area contributed by atoms with Crippen molar-refractivity contribution >= 4 is 5.91 Å². The maximum absolute atomic E-state index is 13.7. The molecule has 1 amide bonds. The lowest BCUT2D eigenvalue weighted by Crippen LogP contribution is -2.45. The van der Waals surface area contributed by atoms with Crippen LogP contribution in [0.4, 0.5) is 13.2 Å². The summed E-state index contributed by atoms with van der Waals surface area (Å²) in [5, 5.41) is 0. The van der Waals surface area contributed by atoms with Crippen molar-refractivity contribution in [3.8, 4) is 0 Å². The molecule has 0 aliphatic carbocycles. The van der Waals surface area contributed by atoms with Gasteiger partial charge in [0.25, 0.3) is 0 Å². The zero-order valence-electron chi connectivity index (χ0n) is 20.8. The van der Waals surface area contributed by atoms with Crippen LogP contribution in [-0.2, 0) is 17.4 Å². The van der Waals surface area contributed by atoms with E-state index < -0.39 is 17.8 Å². The third kappa shape index (κ3) is 6.35. The Labute approximate surface area is 211 Å². The van der Waals surface area contributed by atoms with Gasteiger partial charge in [-0.15, -0.1) is 0 Å². The highest BCUT2D eigenvalue weighted by Gasteiger charge is 2.33. The smallest absolute Gasteiger partial charge is 0.344 e. The fraction of sp³-hybridized carbons (Fsp3) is 0.367. The molecular weight excluding hydrogens is 461 g/mol. The maximum Gasteiger partial charge on any atom is 0.416 e. The van der Waals surface area contributed by atoms with Crippen molar-refractivity contribution in [3.05, 3.63) is 107 Å². The normalized spacial score (nSPS) is 16.0. The Morgan fingerprint density at radius 1 is 0.972 bits per heavy atom. The number of likely N-dealkylation sites (N-methyl/N-ethyl adjacent to an activating group) is 1. The lowest BCUT2D eigenvalue weighted by atomic mass is 9.88. The summed E-state index contributed by atoms with van der Waals surface area (Å²) in [6.45, 7) is 3.64. The molecule has 190 valence electrons. The fourth-order valence-electron chi connectivity index (χ4n) is 5.15. The molecule has 0 spiro atoms. The maximum atomic E-state index is 13.7. The molecule has 1 fully saturated rings. The third-order valence-corrected chi connectivity index (χ3v) is 7.09. The van der Waals surface area contributed by atoms with E-state index >= 15 is 0 Å². The Hall–Kier alpha value is -3.12. The quantitative estimate of drug-likeness (QED) is 0.368. The Kier molecular flexibility index (Phi) is 8.14. The molecular formula is C30H33F3N2O. The summed E-state index contributed by atoms with van der Waals surface area (Å²) >= 11 is 0. The topological polar surface area (TPSA) is 23.6 Å². The summed E-state index contributed by atoms with van der Waals surface area (Å²) < 4.78 is 39.7. The lowest BCUT2D eigenvalue weighted by molar-refractivity contribution is -0.138. The number of rotatable bonds is 7. The largest absolute Gasteiger partial charge is 0.416 e. The van der Waals surface area contributed by atoms with E-state index in [2.05, 4.69) is 29.2 Å². The molecule has 1 saturated heterocycles. The van der Waals surface area contributed by atoms with E-state index in [1.54, 1.807) is 24.9 Å². The molecule has 6 heteroatoms. The van der Waals surface area contributed by atoms with Crippen LogP contribution in [0.15, 0.2) is 78.9 Å². The molecule has 1 aliphatic heterocycles. The van der Waals surface area contributed by atoms with Crippen LogP contribution in [0.1, 0.15) is 52.6 Å². The summed E-state index contributed by atoms with van der Waals surface area (Å²) in [5.41, 5.74) is 2.80. The van der Waals surface area contributed by atoms with Crippen LogP contribution in [0.3, 0.4) is 0 Å². The SMILES string of the molecule is Cc1cc(CCN(C)C(=O)C(c2ccccc2)N2CCC(c3ccccc3)CC2)cc(C(F)(F)F)c1. The number of likely N-dealkylation sites (tertiary alicyclic amines) is 1. The van der Waals surface area contributed by atoms with Crippen molar-refractivity contribution in [2.45, 2.75) is 44.3 Å². The number of hydrogen-bond donors (Lipinski definition) is 0. The van der Waals surface area contributed by atoms with Crippen molar-refractivity contribution in [3.63, 3.8) is 0 Å². The summed E-state index contributed by atoms with van der Waals surface area (Å²) in [5.74, 6) is 0.457. The van der Waals surface area contributed by atoms with Gasteiger partial charge in [-0.2, -0.15) is 13.2 Å². The number of nitrogens with zero attached hydrogens (tertiary/aromatic N) is 2. The Morgan fingerprint density at radius 3 is 2.19 bits per heavy atom. The second-order valence-electron chi connectivity index (χ2n) is 9.75. The average Bonchev–Trinajstić information content (AvgIpc) is 2.88. The van der Waals surface area contributed by atoms with E-state index in [-0.39, 0.29) is 5.91 Å². The van der Waals surface area contributed by atoms with Gasteiger partial charge in [0.2, 0.25) is 5.91 Å². The van der Waals surface area contributed by atoms with Crippen LogP contribution in [0, 0.1) is 6.92 Å². The summed E-state index contributed by atoms with van der Waals surface area (Å²) in [7, 11) is 1.75. The van der Waals surface area contributed by atoms with Gasteiger partial charge in [-0.1, -0.05) is 72.3 Å². The predicted octanol–water partition coefficient (Wildman–Crippen LogP) is 6.64. The first-order chi connectivity index (χ1) is 17.2. The second kappa shape index (κ2) is 11.3. The van der Waals surface area contributed by atoms with Gasteiger partial charge in [0.15, 0.2) is 0 Å². The summed E-state index contributed by atoms with van der Waals surface area (Å²) in [6, 6.07) is 24.0. The molecule has 1 unspecified atom stereocenters. The molecule has 0 N–H and O–H groups in total. The molecule has 1 atom stereocenters. The Balaban J connectivity index is 1.46. The molecule has 1 aliphatic rings. The summed E-state index contributed by atoms with van der Waals surface area (Å²) in [4.78, 5) is 17.6. The first kappa shape index (κ1) is 26.0. The number of carbonyl (C=O) groups is 1. The third-order valence-electron chi connectivity index (χ3n) is 7.09. The van der Waals surface area contributed by atoms with Crippen LogP contribution in [-0.4, -0.2) is 42.4 Å². The number of piperidine rings is 1. The standard InChI is InChI=1S/C30H33F3N2O/c1-22-19-23(21-27(20-22)30(31,32)33)13-16-34(2)29(36)28(26-11-7-4-8-12-26)35-17-14-25(15-18-35)24-9-5-3-6-10-24/h3-12,19-21,25,28H,13-18H2,1-2H3. The number of alkyl halides is 3. The predicted molar refractivity (Wildman–Crippen MR) is 137 cm³/mol. The van der Waals surface area contributed by atoms with Gasteiger partial charge >= 0.3 is 6.18 Å². The summed E-state index contributed by atoms with van der Waals surface area (Å²) in [6.07, 6.45) is -2.06. The van der Waals surface area contributed by atoms with Crippen molar-refractivity contribution in [1.82, 2.24) is 9.80 Å². The van der Waals surface area contributed by atoms with Crippen LogP contribution < -0.4 is 0 Å². The van der Waals surface area contributed by atoms with Gasteiger partial charge in [0.05, 0.1) is 5.56 Å². The highest BCUT2D eigenvalue weighted by Crippen LogP contribution is 2.34. The molecule has 0 bridgehead atoms. The van der Waals surface area contributed by atoms with Crippen molar-refractivity contribution in [1.29, 1.82) is 0 Å². The number of hydrogen-bond acceptors (Lipinski definition) is 2. The van der Waals surface area contributed by atoms with Gasteiger partial charge < -0.3 is 4.90 Å². The van der Waals surface area contributed by atoms with Crippen LogP contribution in [0.25, 0.3) is 0 Å². The molecule has 3 nitrogen and oxygen atoms in total. The van der Waals surface area contributed by atoms with Gasteiger partial charge in [-0.25, -0.2) is 0 Å². The van der Waals surface area contributed by atoms with E-state index in [1.807, 2.05) is 36.4 Å². The van der Waals surface area contributed by atoms with Crippen molar-refractivity contribution in [2.24, 2.45) is 0 Å². The van der Waals surface area contributed by atoms with Crippen LogP contribution in [0.5, 0.6) is 0 Å². The number of carbonyl (C=O) groups excluding carboxylic acids is 1. The van der Waals surface area contributed by atoms with Gasteiger partial charge in [-0.05, 0) is 74.0 Å². The second-order valence-corrected chi connectivity index (χ2v) is 9.75. The number of benzene rings is 3. The molecule has 3 aromatic rings.